The fraction of sp³-hybridized carbons (Fsp3) is 0.524. The van der Waals surface area contributed by atoms with Gasteiger partial charge in [-0.25, -0.2) is 9.97 Å². The van der Waals surface area contributed by atoms with Gasteiger partial charge in [-0.05, 0) is 64.9 Å². The Kier molecular flexibility index (Phi) is 6.44. The second-order valence-electron chi connectivity index (χ2n) is 7.21. The van der Waals surface area contributed by atoms with E-state index in [-0.39, 0.29) is 11.8 Å². The smallest absolute Gasteiger partial charge is 0.264 e. The summed E-state index contributed by atoms with van der Waals surface area (Å²) in [5.41, 5.74) is 3.45. The zero-order valence-electron chi connectivity index (χ0n) is 17.1. The first-order valence-electron chi connectivity index (χ1n) is 9.93. The van der Waals surface area contributed by atoms with E-state index in [2.05, 4.69) is 9.97 Å². The largest absolute Gasteiger partial charge is 0.432 e. The number of likely N-dealkylation sites (tertiary alicyclic amines) is 1. The van der Waals surface area contributed by atoms with E-state index in [4.69, 9.17) is 17.0 Å². The molecule has 1 aliphatic rings. The molecule has 3 rings (SSSR count). The van der Waals surface area contributed by atoms with Crippen molar-refractivity contribution in [2.24, 2.45) is 5.92 Å². The van der Waals surface area contributed by atoms with Crippen LogP contribution in [0, 0.1) is 19.8 Å². The summed E-state index contributed by atoms with van der Waals surface area (Å²) in [5, 5.41) is 0.410. The molecule has 0 aliphatic carbocycles. The molecular formula is C21H28N4O2S. The molecule has 6 nitrogen and oxygen atoms in total. The number of hydrogen-bond donors (Lipinski definition) is 0. The van der Waals surface area contributed by atoms with Crippen molar-refractivity contribution in [3.63, 3.8) is 0 Å². The molecule has 1 atom stereocenters. The Morgan fingerprint density at radius 2 is 1.89 bits per heavy atom. The number of rotatable bonds is 4. The van der Waals surface area contributed by atoms with Crippen LogP contribution in [0.5, 0.6) is 5.75 Å². The number of carbonyl (C=O) groups excluding carboxylic acids is 1. The van der Waals surface area contributed by atoms with Crippen LogP contribution in [0.25, 0.3) is 11.0 Å². The Morgan fingerprint density at radius 3 is 2.57 bits per heavy atom. The van der Waals surface area contributed by atoms with E-state index in [1.165, 1.54) is 0 Å². The van der Waals surface area contributed by atoms with E-state index in [1.807, 2.05) is 55.7 Å². The van der Waals surface area contributed by atoms with E-state index in [0.717, 1.165) is 54.9 Å². The molecule has 1 aromatic carbocycles. The predicted octanol–water partition coefficient (Wildman–Crippen LogP) is 3.49. The summed E-state index contributed by atoms with van der Waals surface area (Å²) in [6.07, 6.45) is 1.83. The standard InChI is InChI=1S/C21H28N4O2S/c1-5-24(6-2)20(26)16-8-7-11-25(13-16)21(28)27-17-9-10-18-19(12-17)23-15(4)14(3)22-18/h9-10,12,16H,5-8,11,13H2,1-4H3/t16-/m0/s1. The van der Waals surface area contributed by atoms with Gasteiger partial charge in [0.15, 0.2) is 0 Å². The second kappa shape index (κ2) is 8.82. The van der Waals surface area contributed by atoms with Gasteiger partial charge < -0.3 is 14.5 Å². The van der Waals surface area contributed by atoms with E-state index in [9.17, 15) is 4.79 Å². The van der Waals surface area contributed by atoms with Crippen LogP contribution in [-0.2, 0) is 4.79 Å². The SMILES string of the molecule is CCN(CC)C(=O)[C@H]1CCCN(C(=S)Oc2ccc3nc(C)c(C)nc3c2)C1. The average Bonchev–Trinajstić information content (AvgIpc) is 2.70. The van der Waals surface area contributed by atoms with E-state index < -0.39 is 0 Å². The quantitative estimate of drug-likeness (QED) is 0.732. The van der Waals surface area contributed by atoms with Gasteiger partial charge in [0.1, 0.15) is 5.75 Å². The molecule has 0 spiro atoms. The molecule has 150 valence electrons. The minimum atomic E-state index is -0.0247. The van der Waals surface area contributed by atoms with Crippen LogP contribution in [0.3, 0.4) is 0 Å². The number of piperidine rings is 1. The number of aryl methyl sites for hydroxylation is 2. The summed E-state index contributed by atoms with van der Waals surface area (Å²) in [5.74, 6) is 0.833. The molecule has 2 heterocycles. The van der Waals surface area contributed by atoms with Gasteiger partial charge in [-0.1, -0.05) is 0 Å². The molecule has 1 fully saturated rings. The molecule has 1 aliphatic heterocycles. The first kappa shape index (κ1) is 20.5. The Bertz CT molecular complexity index is 882. The maximum Gasteiger partial charge on any atom is 0.264 e. The van der Waals surface area contributed by atoms with Crippen LogP contribution in [0.1, 0.15) is 38.1 Å². The van der Waals surface area contributed by atoms with Crippen molar-refractivity contribution in [2.75, 3.05) is 26.2 Å². The lowest BCUT2D eigenvalue weighted by Gasteiger charge is -2.35. The van der Waals surface area contributed by atoms with Crippen molar-refractivity contribution in [1.29, 1.82) is 0 Å². The Hall–Kier alpha value is -2.28. The summed E-state index contributed by atoms with van der Waals surface area (Å²) in [4.78, 5) is 25.7. The maximum absolute atomic E-state index is 12.7. The second-order valence-corrected chi connectivity index (χ2v) is 7.56. The van der Waals surface area contributed by atoms with Crippen molar-refractivity contribution in [2.45, 2.75) is 40.5 Å². The fourth-order valence-electron chi connectivity index (χ4n) is 3.58. The van der Waals surface area contributed by atoms with Crippen LogP contribution in [-0.4, -0.2) is 57.0 Å². The Balaban J connectivity index is 1.69. The first-order chi connectivity index (χ1) is 13.4. The van der Waals surface area contributed by atoms with Gasteiger partial charge in [-0.15, -0.1) is 0 Å². The minimum Gasteiger partial charge on any atom is -0.432 e. The van der Waals surface area contributed by atoms with Gasteiger partial charge in [0.25, 0.3) is 5.17 Å². The van der Waals surface area contributed by atoms with Crippen LogP contribution in [0.2, 0.25) is 0 Å². The minimum absolute atomic E-state index is 0.0247. The molecule has 0 N–H and O–H groups in total. The molecule has 0 bridgehead atoms. The van der Waals surface area contributed by atoms with E-state index >= 15 is 0 Å². The van der Waals surface area contributed by atoms with Crippen molar-refractivity contribution < 1.29 is 9.53 Å². The number of ether oxygens (including phenoxy) is 1. The molecule has 2 aromatic rings. The van der Waals surface area contributed by atoms with Crippen LogP contribution >= 0.6 is 12.2 Å². The number of fused-ring (bicyclic) bond motifs is 1. The lowest BCUT2D eigenvalue weighted by Crippen LogP contribution is -2.47. The van der Waals surface area contributed by atoms with Gasteiger partial charge in [0, 0.05) is 32.2 Å². The third-order valence-electron chi connectivity index (χ3n) is 5.36. The third-order valence-corrected chi connectivity index (χ3v) is 5.70. The molecule has 1 aromatic heterocycles. The third kappa shape index (κ3) is 4.41. The van der Waals surface area contributed by atoms with Crippen molar-refractivity contribution >= 4 is 34.3 Å². The van der Waals surface area contributed by atoms with E-state index in [0.29, 0.717) is 17.5 Å². The number of amides is 1. The molecular weight excluding hydrogens is 372 g/mol. The van der Waals surface area contributed by atoms with Crippen LogP contribution in [0.4, 0.5) is 0 Å². The van der Waals surface area contributed by atoms with Gasteiger partial charge in [0.05, 0.1) is 28.3 Å². The topological polar surface area (TPSA) is 58.6 Å². The lowest BCUT2D eigenvalue weighted by molar-refractivity contribution is -0.136. The zero-order chi connectivity index (χ0) is 20.3. The summed E-state index contributed by atoms with van der Waals surface area (Å²) in [6, 6.07) is 5.62. The molecule has 7 heteroatoms. The highest BCUT2D eigenvalue weighted by Crippen LogP contribution is 2.23. The number of benzene rings is 1. The van der Waals surface area contributed by atoms with Crippen molar-refractivity contribution in [3.05, 3.63) is 29.6 Å². The molecule has 1 amide bonds. The first-order valence-corrected chi connectivity index (χ1v) is 10.3. The molecule has 1 saturated heterocycles. The van der Waals surface area contributed by atoms with Crippen molar-refractivity contribution in [3.8, 4) is 5.75 Å². The summed E-state index contributed by atoms with van der Waals surface area (Å²) >= 11 is 5.53. The number of thiocarbonyl (C=S) groups is 1. The highest BCUT2D eigenvalue weighted by molar-refractivity contribution is 7.80. The number of aromatic nitrogens is 2. The van der Waals surface area contributed by atoms with Gasteiger partial charge in [-0.2, -0.15) is 0 Å². The van der Waals surface area contributed by atoms with Crippen LogP contribution in [0.15, 0.2) is 18.2 Å². The highest BCUT2D eigenvalue weighted by Gasteiger charge is 2.30. The molecule has 0 saturated carbocycles. The number of carbonyl (C=O) groups is 1. The monoisotopic (exact) mass is 400 g/mol. The Morgan fingerprint density at radius 1 is 1.21 bits per heavy atom. The number of nitrogens with zero attached hydrogens (tertiary/aromatic N) is 4. The lowest BCUT2D eigenvalue weighted by atomic mass is 9.97. The van der Waals surface area contributed by atoms with Gasteiger partial charge in [0.2, 0.25) is 5.91 Å². The molecule has 28 heavy (non-hydrogen) atoms. The summed E-state index contributed by atoms with van der Waals surface area (Å²) in [6.45, 7) is 10.8. The number of hydrogen-bond acceptors (Lipinski definition) is 5. The van der Waals surface area contributed by atoms with Crippen molar-refractivity contribution in [1.82, 2.24) is 19.8 Å². The fourth-order valence-corrected chi connectivity index (χ4v) is 3.84. The Labute approximate surface area is 171 Å². The highest BCUT2D eigenvalue weighted by atomic mass is 32.1. The molecule has 0 radical (unpaired) electrons. The van der Waals surface area contributed by atoms with Crippen LogP contribution < -0.4 is 4.74 Å². The van der Waals surface area contributed by atoms with E-state index in [1.54, 1.807) is 0 Å². The summed E-state index contributed by atoms with van der Waals surface area (Å²) in [7, 11) is 0. The van der Waals surface area contributed by atoms with Gasteiger partial charge >= 0.3 is 0 Å². The molecule has 0 unspecified atom stereocenters. The predicted molar refractivity (Wildman–Crippen MR) is 114 cm³/mol. The zero-order valence-corrected chi connectivity index (χ0v) is 17.9. The summed E-state index contributed by atoms with van der Waals surface area (Å²) < 4.78 is 5.94. The normalized spacial score (nSPS) is 16.9. The maximum atomic E-state index is 12.7. The average molecular weight is 401 g/mol. The van der Waals surface area contributed by atoms with Gasteiger partial charge in [-0.3, -0.25) is 4.79 Å².